The van der Waals surface area contributed by atoms with Crippen molar-refractivity contribution < 1.29 is 23.9 Å². The van der Waals surface area contributed by atoms with Crippen molar-refractivity contribution in [2.45, 2.75) is 25.9 Å². The Morgan fingerprint density at radius 2 is 1.68 bits per heavy atom. The third-order valence-electron chi connectivity index (χ3n) is 4.09. The van der Waals surface area contributed by atoms with E-state index < -0.39 is 11.9 Å². The summed E-state index contributed by atoms with van der Waals surface area (Å²) in [6.45, 7) is 1.58. The quantitative estimate of drug-likeness (QED) is 0.783. The number of benzene rings is 1. The molecule has 1 aliphatic rings. The molecule has 2 heterocycles. The van der Waals surface area contributed by atoms with Gasteiger partial charge in [-0.3, -0.25) is 9.59 Å². The van der Waals surface area contributed by atoms with E-state index in [1.165, 1.54) is 23.3 Å². The van der Waals surface area contributed by atoms with Crippen molar-refractivity contribution in [3.63, 3.8) is 0 Å². The van der Waals surface area contributed by atoms with Crippen molar-refractivity contribution >= 4 is 17.8 Å². The minimum Gasteiger partial charge on any atom is -0.475 e. The number of rotatable bonds is 6. The van der Waals surface area contributed by atoms with E-state index in [1.807, 2.05) is 24.3 Å². The molecule has 1 aromatic carbocycles. The molecule has 2 aromatic rings. The molecular formula is C18H18N2O5. The number of furan rings is 1. The Labute approximate surface area is 144 Å². The molecule has 0 saturated carbocycles. The molecule has 2 N–H and O–H groups in total. The Bertz CT molecular complexity index is 786. The van der Waals surface area contributed by atoms with Crippen LogP contribution in [0, 0.1) is 0 Å². The second-order valence-electron chi connectivity index (χ2n) is 5.85. The van der Waals surface area contributed by atoms with Crippen molar-refractivity contribution in [2.75, 3.05) is 6.54 Å². The van der Waals surface area contributed by atoms with Gasteiger partial charge >= 0.3 is 5.97 Å². The van der Waals surface area contributed by atoms with Gasteiger partial charge in [-0.05, 0) is 29.7 Å². The zero-order valence-corrected chi connectivity index (χ0v) is 13.5. The first kappa shape index (κ1) is 16.8. The number of nitrogens with zero attached hydrogens (tertiary/aromatic N) is 1. The summed E-state index contributed by atoms with van der Waals surface area (Å²) in [6.07, 6.45) is 0.844. The third-order valence-corrected chi connectivity index (χ3v) is 4.09. The first-order valence-corrected chi connectivity index (χ1v) is 8.00. The molecule has 0 atom stereocenters. The predicted octanol–water partition coefficient (Wildman–Crippen LogP) is 2.03. The SMILES string of the molecule is O=C(O)c1ccc(C(=O)NCCCC(=O)N2Cc3ccccc3C2)o1. The van der Waals surface area contributed by atoms with Crippen LogP contribution < -0.4 is 5.32 Å². The van der Waals surface area contributed by atoms with E-state index in [0.29, 0.717) is 32.5 Å². The van der Waals surface area contributed by atoms with Crippen LogP contribution in [0.2, 0.25) is 0 Å². The fourth-order valence-electron chi connectivity index (χ4n) is 2.77. The number of hydrogen-bond acceptors (Lipinski definition) is 4. The van der Waals surface area contributed by atoms with E-state index in [0.717, 1.165) is 0 Å². The third kappa shape index (κ3) is 3.88. The van der Waals surface area contributed by atoms with E-state index in [-0.39, 0.29) is 17.4 Å². The minimum absolute atomic E-state index is 0.0524. The molecule has 0 unspecified atom stereocenters. The largest absolute Gasteiger partial charge is 0.475 e. The Balaban J connectivity index is 1.40. The molecule has 1 aliphatic heterocycles. The molecule has 1 aromatic heterocycles. The minimum atomic E-state index is -1.23. The molecule has 130 valence electrons. The van der Waals surface area contributed by atoms with Gasteiger partial charge in [0.2, 0.25) is 11.7 Å². The van der Waals surface area contributed by atoms with Gasteiger partial charge in [0.15, 0.2) is 5.76 Å². The highest BCUT2D eigenvalue weighted by atomic mass is 16.4. The van der Waals surface area contributed by atoms with E-state index in [9.17, 15) is 14.4 Å². The molecule has 0 radical (unpaired) electrons. The number of hydrogen-bond donors (Lipinski definition) is 2. The molecule has 25 heavy (non-hydrogen) atoms. The highest BCUT2D eigenvalue weighted by Crippen LogP contribution is 2.22. The van der Waals surface area contributed by atoms with Crippen LogP contribution in [0.3, 0.4) is 0 Å². The summed E-state index contributed by atoms with van der Waals surface area (Å²) < 4.78 is 4.92. The number of carboxylic acid groups (broad SMARTS) is 1. The average Bonchev–Trinajstić information content (AvgIpc) is 3.24. The van der Waals surface area contributed by atoms with Crippen molar-refractivity contribution in [2.24, 2.45) is 0 Å². The maximum atomic E-state index is 12.2. The van der Waals surface area contributed by atoms with Crippen molar-refractivity contribution in [3.05, 3.63) is 59.0 Å². The molecule has 0 fully saturated rings. The molecule has 0 bridgehead atoms. The predicted molar refractivity (Wildman–Crippen MR) is 87.9 cm³/mol. The highest BCUT2D eigenvalue weighted by molar-refractivity contribution is 5.93. The van der Waals surface area contributed by atoms with Gasteiger partial charge in [0.1, 0.15) is 0 Å². The summed E-state index contributed by atoms with van der Waals surface area (Å²) in [5, 5.41) is 11.4. The van der Waals surface area contributed by atoms with Gasteiger partial charge < -0.3 is 19.7 Å². The zero-order chi connectivity index (χ0) is 17.8. The number of fused-ring (bicyclic) bond motifs is 1. The second-order valence-corrected chi connectivity index (χ2v) is 5.85. The van der Waals surface area contributed by atoms with Crippen molar-refractivity contribution in [3.8, 4) is 0 Å². The topological polar surface area (TPSA) is 99.8 Å². The van der Waals surface area contributed by atoms with Crippen molar-refractivity contribution in [1.82, 2.24) is 10.2 Å². The average molecular weight is 342 g/mol. The summed E-state index contributed by atoms with van der Waals surface area (Å²) in [7, 11) is 0. The van der Waals surface area contributed by atoms with E-state index in [4.69, 9.17) is 9.52 Å². The summed E-state index contributed by atoms with van der Waals surface area (Å²) >= 11 is 0. The summed E-state index contributed by atoms with van der Waals surface area (Å²) in [6, 6.07) is 10.5. The van der Waals surface area contributed by atoms with Crippen LogP contribution in [0.4, 0.5) is 0 Å². The molecule has 0 spiro atoms. The number of nitrogens with one attached hydrogen (secondary N) is 1. The van der Waals surface area contributed by atoms with Crippen LogP contribution in [0.15, 0.2) is 40.8 Å². The number of aromatic carboxylic acids is 1. The van der Waals surface area contributed by atoms with Crippen LogP contribution in [-0.2, 0) is 17.9 Å². The first-order chi connectivity index (χ1) is 12.0. The van der Waals surface area contributed by atoms with Crippen molar-refractivity contribution in [1.29, 1.82) is 0 Å². The lowest BCUT2D eigenvalue weighted by Gasteiger charge is -2.15. The molecule has 7 nitrogen and oxygen atoms in total. The Morgan fingerprint density at radius 1 is 1.04 bits per heavy atom. The van der Waals surface area contributed by atoms with Crippen LogP contribution in [0.5, 0.6) is 0 Å². The maximum absolute atomic E-state index is 12.2. The van der Waals surface area contributed by atoms with Crippen LogP contribution >= 0.6 is 0 Å². The molecular weight excluding hydrogens is 324 g/mol. The number of carboxylic acids is 1. The Hall–Kier alpha value is -3.09. The highest BCUT2D eigenvalue weighted by Gasteiger charge is 2.22. The standard InChI is InChI=1S/C18H18N2O5/c21-16(20-10-12-4-1-2-5-13(12)11-20)6-3-9-19-17(22)14-7-8-15(25-14)18(23)24/h1-2,4-5,7-8H,3,6,9-11H2,(H,19,22)(H,23,24). The lowest BCUT2D eigenvalue weighted by atomic mass is 10.1. The Morgan fingerprint density at radius 3 is 2.28 bits per heavy atom. The number of amides is 2. The normalized spacial score (nSPS) is 12.7. The molecule has 7 heteroatoms. The molecule has 0 aliphatic carbocycles. The van der Waals surface area contributed by atoms with Gasteiger partial charge in [-0.15, -0.1) is 0 Å². The second kappa shape index (κ2) is 7.21. The fraction of sp³-hybridized carbons (Fsp3) is 0.278. The Kier molecular flexibility index (Phi) is 4.83. The maximum Gasteiger partial charge on any atom is 0.371 e. The van der Waals surface area contributed by atoms with Gasteiger partial charge in [0.05, 0.1) is 0 Å². The molecule has 0 saturated heterocycles. The molecule has 2 amide bonds. The van der Waals surface area contributed by atoms with Gasteiger partial charge in [0.25, 0.3) is 5.91 Å². The number of carbonyl (C=O) groups excluding carboxylic acids is 2. The van der Waals surface area contributed by atoms with Crippen LogP contribution in [0.25, 0.3) is 0 Å². The summed E-state index contributed by atoms with van der Waals surface area (Å²) in [4.78, 5) is 36.6. The zero-order valence-electron chi connectivity index (χ0n) is 13.5. The summed E-state index contributed by atoms with van der Waals surface area (Å²) in [5.41, 5.74) is 2.35. The summed E-state index contributed by atoms with van der Waals surface area (Å²) in [5.74, 6) is -2.01. The number of carbonyl (C=O) groups is 3. The van der Waals surface area contributed by atoms with E-state index in [1.54, 1.807) is 4.90 Å². The van der Waals surface area contributed by atoms with E-state index >= 15 is 0 Å². The smallest absolute Gasteiger partial charge is 0.371 e. The molecule has 3 rings (SSSR count). The lowest BCUT2D eigenvalue weighted by molar-refractivity contribution is -0.131. The van der Waals surface area contributed by atoms with Gasteiger partial charge in [-0.25, -0.2) is 4.79 Å². The first-order valence-electron chi connectivity index (χ1n) is 8.00. The lowest BCUT2D eigenvalue weighted by Crippen LogP contribution is -2.28. The van der Waals surface area contributed by atoms with Crippen LogP contribution in [-0.4, -0.2) is 34.3 Å². The fourth-order valence-corrected chi connectivity index (χ4v) is 2.77. The van der Waals surface area contributed by atoms with Crippen LogP contribution in [0.1, 0.15) is 45.1 Å². The van der Waals surface area contributed by atoms with Gasteiger partial charge in [0, 0.05) is 26.1 Å². The van der Waals surface area contributed by atoms with Gasteiger partial charge in [-0.1, -0.05) is 24.3 Å². The van der Waals surface area contributed by atoms with Gasteiger partial charge in [-0.2, -0.15) is 0 Å². The monoisotopic (exact) mass is 342 g/mol. The van der Waals surface area contributed by atoms with E-state index in [2.05, 4.69) is 5.32 Å².